The van der Waals surface area contributed by atoms with E-state index in [9.17, 15) is 0 Å². The van der Waals surface area contributed by atoms with Gasteiger partial charge in [0.1, 0.15) is 11.6 Å². The molecular formula is C13H17N3O. The van der Waals surface area contributed by atoms with Crippen LogP contribution in [0, 0.1) is 0 Å². The summed E-state index contributed by atoms with van der Waals surface area (Å²) in [5.41, 5.74) is 7.64. The summed E-state index contributed by atoms with van der Waals surface area (Å²) in [6, 6.07) is 5.76. The van der Waals surface area contributed by atoms with Gasteiger partial charge in [-0.05, 0) is 18.6 Å². The third-order valence-corrected chi connectivity index (χ3v) is 2.71. The van der Waals surface area contributed by atoms with Gasteiger partial charge < -0.3 is 15.0 Å². The van der Waals surface area contributed by atoms with Gasteiger partial charge in [-0.2, -0.15) is 0 Å². The Morgan fingerprint density at radius 3 is 2.94 bits per heavy atom. The minimum absolute atomic E-state index is 0.644. The molecule has 0 aliphatic rings. The first-order valence-corrected chi connectivity index (χ1v) is 5.73. The number of hydrogen-bond acceptors (Lipinski definition) is 3. The summed E-state index contributed by atoms with van der Waals surface area (Å²) in [4.78, 5) is 4.35. The maximum Gasteiger partial charge on any atom is 0.143 e. The van der Waals surface area contributed by atoms with Gasteiger partial charge in [0.2, 0.25) is 0 Å². The Kier molecular flexibility index (Phi) is 3.32. The molecule has 1 aromatic carbocycles. The van der Waals surface area contributed by atoms with Crippen LogP contribution in [-0.4, -0.2) is 16.7 Å². The van der Waals surface area contributed by atoms with E-state index in [1.165, 1.54) is 0 Å². The molecule has 4 nitrogen and oxygen atoms in total. The molecule has 0 bridgehead atoms. The van der Waals surface area contributed by atoms with E-state index in [0.717, 1.165) is 24.4 Å². The topological polar surface area (TPSA) is 53.1 Å². The Bertz CT molecular complexity index is 505. The number of benzene rings is 1. The van der Waals surface area contributed by atoms with Crippen molar-refractivity contribution >= 4 is 5.69 Å². The van der Waals surface area contributed by atoms with Crippen LogP contribution in [0.1, 0.15) is 19.2 Å². The highest BCUT2D eigenvalue weighted by Gasteiger charge is 2.10. The standard InChI is InChI=1S/C13H17N3O/c1-3-5-12-15-8-9-16(12)10-6-4-7-11(17-2)13(10)14/h4,6-9H,3,5,14H2,1-2H3. The van der Waals surface area contributed by atoms with Crippen LogP contribution < -0.4 is 10.5 Å². The van der Waals surface area contributed by atoms with Crippen LogP contribution in [0.4, 0.5) is 5.69 Å². The summed E-state index contributed by atoms with van der Waals surface area (Å²) in [6.07, 6.45) is 5.71. The number of methoxy groups -OCH3 is 1. The molecular weight excluding hydrogens is 214 g/mol. The summed E-state index contributed by atoms with van der Waals surface area (Å²) in [6.45, 7) is 2.13. The van der Waals surface area contributed by atoms with Crippen molar-refractivity contribution in [3.05, 3.63) is 36.4 Å². The van der Waals surface area contributed by atoms with Gasteiger partial charge in [-0.15, -0.1) is 0 Å². The molecule has 0 saturated heterocycles. The molecule has 0 fully saturated rings. The number of ether oxygens (including phenoxy) is 1. The highest BCUT2D eigenvalue weighted by molar-refractivity contribution is 5.66. The lowest BCUT2D eigenvalue weighted by Crippen LogP contribution is -2.04. The molecule has 0 unspecified atom stereocenters. The van der Waals surface area contributed by atoms with E-state index in [-0.39, 0.29) is 0 Å². The Morgan fingerprint density at radius 1 is 1.41 bits per heavy atom. The van der Waals surface area contributed by atoms with Gasteiger partial charge in [0.15, 0.2) is 0 Å². The number of para-hydroxylation sites is 1. The molecule has 0 radical (unpaired) electrons. The smallest absolute Gasteiger partial charge is 0.143 e. The third-order valence-electron chi connectivity index (χ3n) is 2.71. The second-order valence-electron chi connectivity index (χ2n) is 3.86. The van der Waals surface area contributed by atoms with E-state index in [1.54, 1.807) is 13.3 Å². The fourth-order valence-corrected chi connectivity index (χ4v) is 1.88. The molecule has 90 valence electrons. The normalized spacial score (nSPS) is 10.5. The number of nitrogens with two attached hydrogens (primary N) is 1. The Morgan fingerprint density at radius 2 is 2.24 bits per heavy atom. The zero-order valence-corrected chi connectivity index (χ0v) is 10.2. The number of nitrogen functional groups attached to an aromatic ring is 1. The van der Waals surface area contributed by atoms with Crippen molar-refractivity contribution in [2.24, 2.45) is 0 Å². The summed E-state index contributed by atoms with van der Waals surface area (Å²) in [7, 11) is 1.62. The summed E-state index contributed by atoms with van der Waals surface area (Å²) >= 11 is 0. The number of imidazole rings is 1. The molecule has 2 aromatic rings. The summed E-state index contributed by atoms with van der Waals surface area (Å²) in [5, 5.41) is 0. The van der Waals surface area contributed by atoms with E-state index in [2.05, 4.69) is 11.9 Å². The van der Waals surface area contributed by atoms with E-state index >= 15 is 0 Å². The zero-order chi connectivity index (χ0) is 12.3. The Hall–Kier alpha value is -1.97. The molecule has 0 aliphatic carbocycles. The molecule has 2 rings (SSSR count). The molecule has 0 spiro atoms. The number of hydrogen-bond donors (Lipinski definition) is 1. The van der Waals surface area contributed by atoms with Crippen molar-refractivity contribution in [3.63, 3.8) is 0 Å². The van der Waals surface area contributed by atoms with Gasteiger partial charge >= 0.3 is 0 Å². The lowest BCUT2D eigenvalue weighted by molar-refractivity contribution is 0.417. The van der Waals surface area contributed by atoms with Crippen molar-refractivity contribution < 1.29 is 4.74 Å². The maximum atomic E-state index is 6.08. The minimum Gasteiger partial charge on any atom is -0.495 e. The van der Waals surface area contributed by atoms with Crippen LogP contribution in [0.2, 0.25) is 0 Å². The lowest BCUT2D eigenvalue weighted by atomic mass is 10.2. The van der Waals surface area contributed by atoms with Crippen LogP contribution in [0.15, 0.2) is 30.6 Å². The largest absolute Gasteiger partial charge is 0.495 e. The average Bonchev–Trinajstić information content (AvgIpc) is 2.78. The second kappa shape index (κ2) is 4.91. The van der Waals surface area contributed by atoms with Gasteiger partial charge in [0.05, 0.1) is 18.5 Å². The van der Waals surface area contributed by atoms with Crippen LogP contribution in [0.5, 0.6) is 5.75 Å². The van der Waals surface area contributed by atoms with Crippen molar-refractivity contribution in [2.75, 3.05) is 12.8 Å². The van der Waals surface area contributed by atoms with Crippen LogP contribution in [0.3, 0.4) is 0 Å². The number of nitrogens with zero attached hydrogens (tertiary/aromatic N) is 2. The van der Waals surface area contributed by atoms with E-state index < -0.39 is 0 Å². The Balaban J connectivity index is 2.49. The van der Waals surface area contributed by atoms with Crippen molar-refractivity contribution in [2.45, 2.75) is 19.8 Å². The maximum absolute atomic E-state index is 6.08. The first-order valence-electron chi connectivity index (χ1n) is 5.73. The van der Waals surface area contributed by atoms with Crippen LogP contribution in [0.25, 0.3) is 5.69 Å². The summed E-state index contributed by atoms with van der Waals surface area (Å²) in [5.74, 6) is 1.71. The highest BCUT2D eigenvalue weighted by atomic mass is 16.5. The van der Waals surface area contributed by atoms with Crippen molar-refractivity contribution in [3.8, 4) is 11.4 Å². The third kappa shape index (κ3) is 2.11. The predicted molar refractivity (Wildman–Crippen MR) is 68.5 cm³/mol. The monoisotopic (exact) mass is 231 g/mol. The molecule has 0 saturated carbocycles. The van der Waals surface area contributed by atoms with E-state index in [0.29, 0.717) is 11.4 Å². The van der Waals surface area contributed by atoms with Crippen molar-refractivity contribution in [1.29, 1.82) is 0 Å². The first-order chi connectivity index (χ1) is 8.27. The van der Waals surface area contributed by atoms with Crippen LogP contribution >= 0.6 is 0 Å². The van der Waals surface area contributed by atoms with Crippen molar-refractivity contribution in [1.82, 2.24) is 9.55 Å². The van der Waals surface area contributed by atoms with Gasteiger partial charge in [0.25, 0.3) is 0 Å². The Labute approximate surface area is 101 Å². The molecule has 0 atom stereocenters. The SMILES string of the molecule is CCCc1nccn1-c1cccc(OC)c1N. The first kappa shape index (κ1) is 11.5. The molecule has 1 heterocycles. The van der Waals surface area contributed by atoms with E-state index in [4.69, 9.17) is 10.5 Å². The molecule has 17 heavy (non-hydrogen) atoms. The zero-order valence-electron chi connectivity index (χ0n) is 10.2. The van der Waals surface area contributed by atoms with Gasteiger partial charge in [-0.3, -0.25) is 0 Å². The number of aromatic nitrogens is 2. The number of aryl methyl sites for hydroxylation is 1. The van der Waals surface area contributed by atoms with Gasteiger partial charge in [0, 0.05) is 18.8 Å². The minimum atomic E-state index is 0.644. The molecule has 0 amide bonds. The molecule has 1 aromatic heterocycles. The molecule has 0 aliphatic heterocycles. The number of anilines is 1. The predicted octanol–water partition coefficient (Wildman–Crippen LogP) is 2.42. The quantitative estimate of drug-likeness (QED) is 0.822. The average molecular weight is 231 g/mol. The van der Waals surface area contributed by atoms with Crippen LogP contribution in [-0.2, 0) is 6.42 Å². The summed E-state index contributed by atoms with van der Waals surface area (Å²) < 4.78 is 7.24. The van der Waals surface area contributed by atoms with E-state index in [1.807, 2.05) is 29.0 Å². The second-order valence-corrected chi connectivity index (χ2v) is 3.86. The molecule has 2 N–H and O–H groups in total. The highest BCUT2D eigenvalue weighted by Crippen LogP contribution is 2.28. The fraction of sp³-hybridized carbons (Fsp3) is 0.308. The lowest BCUT2D eigenvalue weighted by Gasteiger charge is -2.12. The molecule has 4 heteroatoms. The fourth-order valence-electron chi connectivity index (χ4n) is 1.88. The van der Waals surface area contributed by atoms with Gasteiger partial charge in [-0.1, -0.05) is 13.0 Å². The number of rotatable bonds is 4. The van der Waals surface area contributed by atoms with Gasteiger partial charge in [-0.25, -0.2) is 4.98 Å².